The van der Waals surface area contributed by atoms with E-state index in [2.05, 4.69) is 67.3 Å². The number of benzene rings is 2. The van der Waals surface area contributed by atoms with Crippen LogP contribution in [0.15, 0.2) is 77.9 Å². The molecular weight excluding hydrogens is 430 g/mol. The van der Waals surface area contributed by atoms with Crippen molar-refractivity contribution in [1.29, 1.82) is 0 Å². The molecule has 1 aliphatic carbocycles. The van der Waals surface area contributed by atoms with Crippen LogP contribution in [0, 0.1) is 0 Å². The summed E-state index contributed by atoms with van der Waals surface area (Å²) in [7, 11) is 0. The Kier molecular flexibility index (Phi) is 9.01. The maximum atomic E-state index is 10.3. The number of nitrogens with zero attached hydrogens (tertiary/aromatic N) is 1. The number of hydrogen-bond donors (Lipinski definition) is 2. The largest absolute Gasteiger partial charge is 0.508 e. The highest BCUT2D eigenvalue weighted by Gasteiger charge is 2.22. The molecular formula is C32H41NO2. The van der Waals surface area contributed by atoms with Gasteiger partial charge in [0, 0.05) is 12.6 Å². The van der Waals surface area contributed by atoms with Crippen LogP contribution in [0.4, 0.5) is 0 Å². The molecule has 2 N–H and O–H groups in total. The van der Waals surface area contributed by atoms with Gasteiger partial charge in [0.25, 0.3) is 0 Å². The quantitative estimate of drug-likeness (QED) is 0.427. The van der Waals surface area contributed by atoms with Crippen molar-refractivity contribution in [3.05, 3.63) is 94.6 Å². The zero-order chi connectivity index (χ0) is 24.6. The van der Waals surface area contributed by atoms with Gasteiger partial charge in [-0.3, -0.25) is 0 Å². The van der Waals surface area contributed by atoms with E-state index in [1.54, 1.807) is 6.07 Å². The third-order valence-corrected chi connectivity index (χ3v) is 7.54. The van der Waals surface area contributed by atoms with Crippen molar-refractivity contribution in [3.63, 3.8) is 0 Å². The summed E-state index contributed by atoms with van der Waals surface area (Å²) >= 11 is 0. The Bertz CT molecular complexity index is 1050. The summed E-state index contributed by atoms with van der Waals surface area (Å²) in [6, 6.07) is 17.4. The van der Waals surface area contributed by atoms with Gasteiger partial charge in [-0.2, -0.15) is 0 Å². The minimum atomic E-state index is 0.168. The second-order valence-electron chi connectivity index (χ2n) is 10.2. The summed E-state index contributed by atoms with van der Waals surface area (Å²) in [6.07, 6.45) is 14.1. The summed E-state index contributed by atoms with van der Waals surface area (Å²) in [5, 5.41) is 20.0. The van der Waals surface area contributed by atoms with Crippen LogP contribution in [0.2, 0.25) is 0 Å². The Labute approximate surface area is 211 Å². The number of phenolic OH excluding ortho intramolecular Hbond substituents is 1. The lowest BCUT2D eigenvalue weighted by atomic mass is 9.84. The lowest BCUT2D eigenvalue weighted by Crippen LogP contribution is -2.37. The number of rotatable bonds is 8. The van der Waals surface area contributed by atoms with Gasteiger partial charge < -0.3 is 15.1 Å². The molecule has 186 valence electrons. The molecule has 4 rings (SSSR count). The minimum absolute atomic E-state index is 0.168. The summed E-state index contributed by atoms with van der Waals surface area (Å²) in [5.74, 6) is 0.897. The van der Waals surface area contributed by atoms with Gasteiger partial charge >= 0.3 is 0 Å². The van der Waals surface area contributed by atoms with Crippen molar-refractivity contribution >= 4 is 5.57 Å². The van der Waals surface area contributed by atoms with E-state index in [0.717, 1.165) is 36.8 Å². The molecule has 0 saturated carbocycles. The van der Waals surface area contributed by atoms with Crippen LogP contribution >= 0.6 is 0 Å². The zero-order valence-corrected chi connectivity index (χ0v) is 21.4. The number of allylic oxidation sites excluding steroid dienone is 5. The predicted octanol–water partition coefficient (Wildman–Crippen LogP) is 7.22. The Morgan fingerprint density at radius 3 is 2.46 bits per heavy atom. The Balaban J connectivity index is 1.73. The lowest BCUT2D eigenvalue weighted by molar-refractivity contribution is 0.172. The molecule has 2 aliphatic rings. The van der Waals surface area contributed by atoms with Crippen LogP contribution in [0.25, 0.3) is 5.57 Å². The van der Waals surface area contributed by atoms with E-state index in [4.69, 9.17) is 0 Å². The molecule has 35 heavy (non-hydrogen) atoms. The van der Waals surface area contributed by atoms with Crippen molar-refractivity contribution in [3.8, 4) is 5.75 Å². The van der Waals surface area contributed by atoms with Gasteiger partial charge in [0.15, 0.2) is 0 Å². The van der Waals surface area contributed by atoms with E-state index in [-0.39, 0.29) is 12.4 Å². The highest BCUT2D eigenvalue weighted by Crippen LogP contribution is 2.37. The molecule has 1 heterocycles. The molecule has 0 amide bonds. The number of piperidine rings is 1. The van der Waals surface area contributed by atoms with Gasteiger partial charge in [0.05, 0.1) is 0 Å². The highest BCUT2D eigenvalue weighted by molar-refractivity contribution is 5.85. The van der Waals surface area contributed by atoms with Crippen molar-refractivity contribution in [2.75, 3.05) is 19.7 Å². The van der Waals surface area contributed by atoms with Crippen LogP contribution in [0.1, 0.15) is 81.4 Å². The molecule has 0 spiro atoms. The van der Waals surface area contributed by atoms with Crippen molar-refractivity contribution in [2.45, 2.75) is 70.8 Å². The fraction of sp³-hybridized carbons (Fsp3) is 0.438. The summed E-state index contributed by atoms with van der Waals surface area (Å²) < 4.78 is 0. The monoisotopic (exact) mass is 471 g/mol. The van der Waals surface area contributed by atoms with E-state index >= 15 is 0 Å². The van der Waals surface area contributed by atoms with E-state index in [0.29, 0.717) is 12.0 Å². The predicted molar refractivity (Wildman–Crippen MR) is 147 cm³/mol. The van der Waals surface area contributed by atoms with Gasteiger partial charge in [0.2, 0.25) is 0 Å². The zero-order valence-electron chi connectivity index (χ0n) is 21.4. The average molecular weight is 472 g/mol. The SMILES string of the molecule is CC(C)N1CCC(c2ccc(/C(=C(/CCCO)C3=CCCCC=C3)c3cccc(O)c3)cc2)CC1. The van der Waals surface area contributed by atoms with Gasteiger partial charge in [-0.15, -0.1) is 0 Å². The van der Waals surface area contributed by atoms with Crippen LogP contribution < -0.4 is 0 Å². The second-order valence-corrected chi connectivity index (χ2v) is 10.2. The molecule has 1 fully saturated rings. The summed E-state index contributed by atoms with van der Waals surface area (Å²) in [6.45, 7) is 7.09. The third kappa shape index (κ3) is 6.54. The summed E-state index contributed by atoms with van der Waals surface area (Å²) in [5.41, 5.74) is 7.28. The van der Waals surface area contributed by atoms with E-state index in [9.17, 15) is 10.2 Å². The van der Waals surface area contributed by atoms with Crippen molar-refractivity contribution in [1.82, 2.24) is 4.90 Å². The van der Waals surface area contributed by atoms with E-state index < -0.39 is 0 Å². The van der Waals surface area contributed by atoms with Crippen molar-refractivity contribution < 1.29 is 10.2 Å². The standard InChI is InChI=1S/C32H41NO2/c1-24(2)33-20-18-26(19-21-33)25-14-16-28(17-15-25)32(29-11-7-12-30(35)23-29)31(13-8-22-34)27-9-5-3-4-6-10-27/h5,7,9-12,14-17,23-24,26,34-35H,3-4,6,8,13,18-22H2,1-2H3/b32-31+. The molecule has 0 aromatic heterocycles. The average Bonchev–Trinajstić information content (AvgIpc) is 3.16. The topological polar surface area (TPSA) is 43.7 Å². The Morgan fingerprint density at radius 2 is 1.77 bits per heavy atom. The first-order valence-corrected chi connectivity index (χ1v) is 13.4. The van der Waals surface area contributed by atoms with E-state index in [1.165, 1.54) is 54.6 Å². The smallest absolute Gasteiger partial charge is 0.116 e. The van der Waals surface area contributed by atoms with Crippen LogP contribution in [0.3, 0.4) is 0 Å². The lowest BCUT2D eigenvalue weighted by Gasteiger charge is -2.34. The molecule has 0 bridgehead atoms. The van der Waals surface area contributed by atoms with Gasteiger partial charge in [-0.1, -0.05) is 54.6 Å². The van der Waals surface area contributed by atoms with Gasteiger partial charge in [-0.05, 0) is 123 Å². The molecule has 2 aromatic carbocycles. The second kappa shape index (κ2) is 12.4. The fourth-order valence-electron chi connectivity index (χ4n) is 5.51. The van der Waals surface area contributed by atoms with Crippen molar-refractivity contribution in [2.24, 2.45) is 0 Å². The molecule has 1 aliphatic heterocycles. The molecule has 3 nitrogen and oxygen atoms in total. The number of aromatic hydroxyl groups is 1. The van der Waals surface area contributed by atoms with E-state index in [1.807, 2.05) is 12.1 Å². The molecule has 1 saturated heterocycles. The minimum Gasteiger partial charge on any atom is -0.508 e. The number of aliphatic hydroxyl groups excluding tert-OH is 1. The molecule has 0 unspecified atom stereocenters. The molecule has 0 radical (unpaired) electrons. The number of hydrogen-bond acceptors (Lipinski definition) is 3. The molecule has 3 heteroatoms. The molecule has 2 aromatic rings. The number of likely N-dealkylation sites (tertiary alicyclic amines) is 1. The highest BCUT2D eigenvalue weighted by atomic mass is 16.3. The summed E-state index contributed by atoms with van der Waals surface area (Å²) in [4.78, 5) is 2.58. The van der Waals surface area contributed by atoms with Gasteiger partial charge in [-0.25, -0.2) is 0 Å². The maximum Gasteiger partial charge on any atom is 0.116 e. The number of phenols is 1. The fourth-order valence-corrected chi connectivity index (χ4v) is 5.51. The first-order valence-electron chi connectivity index (χ1n) is 13.4. The first kappa shape index (κ1) is 25.5. The van der Waals surface area contributed by atoms with Crippen LogP contribution in [-0.2, 0) is 0 Å². The third-order valence-electron chi connectivity index (χ3n) is 7.54. The Morgan fingerprint density at radius 1 is 1.00 bits per heavy atom. The maximum absolute atomic E-state index is 10.3. The normalized spacial score (nSPS) is 18.3. The molecule has 0 atom stereocenters. The Hall–Kier alpha value is -2.62. The number of aliphatic hydroxyl groups is 1. The first-order chi connectivity index (χ1) is 17.1. The van der Waals surface area contributed by atoms with Crippen LogP contribution in [-0.4, -0.2) is 40.9 Å². The van der Waals surface area contributed by atoms with Gasteiger partial charge in [0.1, 0.15) is 5.75 Å². The van der Waals surface area contributed by atoms with Crippen LogP contribution in [0.5, 0.6) is 5.75 Å².